The summed E-state index contributed by atoms with van der Waals surface area (Å²) in [4.78, 5) is 12.6. The van der Waals surface area contributed by atoms with E-state index in [1.807, 2.05) is 43.3 Å². The zero-order valence-corrected chi connectivity index (χ0v) is 12.3. The second-order valence-corrected chi connectivity index (χ2v) is 4.55. The molecule has 0 aliphatic rings. The van der Waals surface area contributed by atoms with Crippen LogP contribution in [-0.4, -0.2) is 12.9 Å². The zero-order valence-electron chi connectivity index (χ0n) is 12.3. The van der Waals surface area contributed by atoms with Crippen molar-refractivity contribution in [3.8, 4) is 5.75 Å². The van der Waals surface area contributed by atoms with E-state index >= 15 is 0 Å². The van der Waals surface area contributed by atoms with E-state index in [0.717, 1.165) is 11.1 Å². The largest absolute Gasteiger partial charge is 0.495 e. The van der Waals surface area contributed by atoms with Gasteiger partial charge in [0.15, 0.2) is 5.78 Å². The minimum atomic E-state index is -0.0532. The first-order valence-corrected chi connectivity index (χ1v) is 6.78. The maximum Gasteiger partial charge on any atom is 0.196 e. The van der Waals surface area contributed by atoms with Gasteiger partial charge in [0, 0.05) is 11.1 Å². The summed E-state index contributed by atoms with van der Waals surface area (Å²) in [5, 5.41) is 0. The third-order valence-electron chi connectivity index (χ3n) is 3.26. The lowest BCUT2D eigenvalue weighted by molar-refractivity contribution is 0.103. The number of allylic oxidation sites excluding steroid dienone is 1. The number of ether oxygens (including phenoxy) is 1. The molecule has 2 aromatic carbocycles. The van der Waals surface area contributed by atoms with Gasteiger partial charge in [-0.25, -0.2) is 0 Å². The molecule has 0 aliphatic carbocycles. The second-order valence-electron chi connectivity index (χ2n) is 4.55. The molecular weight excluding hydrogens is 260 g/mol. The lowest BCUT2D eigenvalue weighted by Crippen LogP contribution is -2.05. The van der Waals surface area contributed by atoms with Crippen molar-refractivity contribution in [3.63, 3.8) is 0 Å². The SMILES string of the molecule is C=Cc1c(/C=C\C)ccc(C(=O)c2ccccc2)c1OC. The van der Waals surface area contributed by atoms with Crippen molar-refractivity contribution in [2.45, 2.75) is 6.92 Å². The Balaban J connectivity index is 2.60. The van der Waals surface area contributed by atoms with Crippen molar-refractivity contribution >= 4 is 17.9 Å². The van der Waals surface area contributed by atoms with Crippen LogP contribution in [0.2, 0.25) is 0 Å². The van der Waals surface area contributed by atoms with Gasteiger partial charge in [-0.05, 0) is 18.6 Å². The molecule has 106 valence electrons. The Labute approximate surface area is 125 Å². The van der Waals surface area contributed by atoms with E-state index < -0.39 is 0 Å². The highest BCUT2D eigenvalue weighted by Crippen LogP contribution is 2.31. The van der Waals surface area contributed by atoms with Crippen LogP contribution in [0.15, 0.2) is 55.1 Å². The van der Waals surface area contributed by atoms with Gasteiger partial charge in [0.05, 0.1) is 12.7 Å². The first-order valence-electron chi connectivity index (χ1n) is 6.78. The fraction of sp³-hybridized carbons (Fsp3) is 0.105. The number of benzene rings is 2. The monoisotopic (exact) mass is 278 g/mol. The second kappa shape index (κ2) is 6.71. The summed E-state index contributed by atoms with van der Waals surface area (Å²) in [5.74, 6) is 0.511. The maximum atomic E-state index is 12.6. The Morgan fingerprint density at radius 2 is 1.86 bits per heavy atom. The van der Waals surface area contributed by atoms with Gasteiger partial charge in [-0.2, -0.15) is 0 Å². The summed E-state index contributed by atoms with van der Waals surface area (Å²) >= 11 is 0. The quantitative estimate of drug-likeness (QED) is 0.747. The number of methoxy groups -OCH3 is 1. The highest BCUT2D eigenvalue weighted by Gasteiger charge is 2.17. The van der Waals surface area contributed by atoms with Crippen LogP contribution >= 0.6 is 0 Å². The molecule has 0 aromatic heterocycles. The molecule has 0 saturated carbocycles. The first-order chi connectivity index (χ1) is 10.2. The third-order valence-corrected chi connectivity index (χ3v) is 3.26. The molecule has 0 atom stereocenters. The molecule has 0 amide bonds. The number of hydrogen-bond acceptors (Lipinski definition) is 2. The molecule has 0 N–H and O–H groups in total. The summed E-state index contributed by atoms with van der Waals surface area (Å²) in [6.45, 7) is 5.78. The summed E-state index contributed by atoms with van der Waals surface area (Å²) in [7, 11) is 1.57. The predicted molar refractivity (Wildman–Crippen MR) is 87.7 cm³/mol. The molecule has 2 nitrogen and oxygen atoms in total. The van der Waals surface area contributed by atoms with E-state index in [-0.39, 0.29) is 5.78 Å². The summed E-state index contributed by atoms with van der Waals surface area (Å²) < 4.78 is 5.47. The van der Waals surface area contributed by atoms with Gasteiger partial charge in [0.2, 0.25) is 0 Å². The molecular formula is C19H18O2. The normalized spacial score (nSPS) is 10.6. The van der Waals surface area contributed by atoms with Gasteiger partial charge in [-0.15, -0.1) is 0 Å². The number of hydrogen-bond donors (Lipinski definition) is 0. The van der Waals surface area contributed by atoms with Crippen LogP contribution in [-0.2, 0) is 0 Å². The summed E-state index contributed by atoms with van der Waals surface area (Å²) in [6, 6.07) is 12.9. The highest BCUT2D eigenvalue weighted by atomic mass is 16.5. The Morgan fingerprint density at radius 3 is 2.43 bits per heavy atom. The Bertz CT molecular complexity index is 682. The first kappa shape index (κ1) is 14.8. The van der Waals surface area contributed by atoms with E-state index in [1.165, 1.54) is 0 Å². The molecule has 2 rings (SSSR count). The van der Waals surface area contributed by atoms with Crippen molar-refractivity contribution in [1.29, 1.82) is 0 Å². The van der Waals surface area contributed by atoms with Crippen LogP contribution in [0.25, 0.3) is 12.2 Å². The Hall–Kier alpha value is -2.61. The smallest absolute Gasteiger partial charge is 0.196 e. The zero-order chi connectivity index (χ0) is 15.2. The van der Waals surface area contributed by atoms with Gasteiger partial charge >= 0.3 is 0 Å². The van der Waals surface area contributed by atoms with E-state index in [4.69, 9.17) is 4.74 Å². The molecule has 2 aromatic rings. The predicted octanol–water partition coefficient (Wildman–Crippen LogP) is 4.60. The molecule has 0 bridgehead atoms. The van der Waals surface area contributed by atoms with Crippen LogP contribution in [0, 0.1) is 0 Å². The van der Waals surface area contributed by atoms with Crippen molar-refractivity contribution in [1.82, 2.24) is 0 Å². The summed E-state index contributed by atoms with van der Waals surface area (Å²) in [6.07, 6.45) is 5.63. The molecule has 0 unspecified atom stereocenters. The average Bonchev–Trinajstić information content (AvgIpc) is 2.54. The van der Waals surface area contributed by atoms with Gasteiger partial charge in [-0.1, -0.05) is 61.2 Å². The fourth-order valence-corrected chi connectivity index (χ4v) is 2.29. The molecule has 0 radical (unpaired) electrons. The number of rotatable bonds is 5. The average molecular weight is 278 g/mol. The third kappa shape index (κ3) is 2.95. The molecule has 0 spiro atoms. The Kier molecular flexibility index (Phi) is 4.72. The lowest BCUT2D eigenvalue weighted by Gasteiger charge is -2.13. The lowest BCUT2D eigenvalue weighted by atomic mass is 9.96. The van der Waals surface area contributed by atoms with Crippen molar-refractivity contribution in [3.05, 3.63) is 77.4 Å². The van der Waals surface area contributed by atoms with Gasteiger partial charge in [-0.3, -0.25) is 4.79 Å². The molecule has 0 aliphatic heterocycles. The van der Waals surface area contributed by atoms with E-state index in [1.54, 1.807) is 31.4 Å². The van der Waals surface area contributed by atoms with Crippen LogP contribution in [0.3, 0.4) is 0 Å². The number of carbonyl (C=O) groups is 1. The number of carbonyl (C=O) groups excluding carboxylic acids is 1. The van der Waals surface area contributed by atoms with Crippen molar-refractivity contribution in [2.75, 3.05) is 7.11 Å². The van der Waals surface area contributed by atoms with E-state index in [2.05, 4.69) is 6.58 Å². The van der Waals surface area contributed by atoms with Gasteiger partial charge in [0.1, 0.15) is 5.75 Å². The standard InChI is InChI=1S/C19H18O2/c1-4-9-14-12-13-17(19(21-3)16(14)5-2)18(20)15-10-7-6-8-11-15/h4-13H,2H2,1,3H3/b9-4-. The van der Waals surface area contributed by atoms with E-state index in [9.17, 15) is 4.79 Å². The topological polar surface area (TPSA) is 26.3 Å². The van der Waals surface area contributed by atoms with Gasteiger partial charge in [0.25, 0.3) is 0 Å². The fourth-order valence-electron chi connectivity index (χ4n) is 2.29. The molecule has 21 heavy (non-hydrogen) atoms. The highest BCUT2D eigenvalue weighted by molar-refractivity contribution is 6.11. The minimum Gasteiger partial charge on any atom is -0.495 e. The van der Waals surface area contributed by atoms with Crippen molar-refractivity contribution in [2.24, 2.45) is 0 Å². The van der Waals surface area contributed by atoms with Gasteiger partial charge < -0.3 is 4.74 Å². The molecule has 0 heterocycles. The van der Waals surface area contributed by atoms with Crippen LogP contribution in [0.4, 0.5) is 0 Å². The molecule has 0 saturated heterocycles. The summed E-state index contributed by atoms with van der Waals surface area (Å²) in [5.41, 5.74) is 3.00. The van der Waals surface area contributed by atoms with Crippen molar-refractivity contribution < 1.29 is 9.53 Å². The maximum absolute atomic E-state index is 12.6. The molecule has 0 fully saturated rings. The molecule has 2 heteroatoms. The minimum absolute atomic E-state index is 0.0532. The number of ketones is 1. The van der Waals surface area contributed by atoms with Crippen LogP contribution in [0.5, 0.6) is 5.75 Å². The van der Waals surface area contributed by atoms with E-state index in [0.29, 0.717) is 16.9 Å². The Morgan fingerprint density at radius 1 is 1.14 bits per heavy atom. The van der Waals surface area contributed by atoms with Crippen LogP contribution in [0.1, 0.15) is 34.0 Å². The van der Waals surface area contributed by atoms with Crippen LogP contribution < -0.4 is 4.74 Å².